The zero-order valence-electron chi connectivity index (χ0n) is 10.4. The average molecular weight is 328 g/mol. The maximum Gasteiger partial charge on any atom is 0.166 e. The van der Waals surface area contributed by atoms with Crippen molar-refractivity contribution in [3.05, 3.63) is 48.5 Å². The van der Waals surface area contributed by atoms with E-state index in [4.69, 9.17) is 0 Å². The van der Waals surface area contributed by atoms with Crippen LogP contribution in [0, 0.1) is 11.3 Å². The Labute approximate surface area is 124 Å². The SMILES string of the molecule is N#CC(CBr)c1ncnc2c1cnn2-c1ccccc1. The third kappa shape index (κ3) is 2.06. The summed E-state index contributed by atoms with van der Waals surface area (Å²) in [7, 11) is 0. The van der Waals surface area contributed by atoms with Crippen LogP contribution < -0.4 is 0 Å². The minimum Gasteiger partial charge on any atom is -0.239 e. The Morgan fingerprint density at radius 2 is 2.05 bits per heavy atom. The molecule has 0 saturated heterocycles. The standard InChI is InChI=1S/C14H10BrN5/c15-6-10(7-16)13-12-8-19-20(14(12)18-9-17-13)11-4-2-1-3-5-11/h1-5,8-10H,6H2. The molecule has 0 fully saturated rings. The number of hydrogen-bond donors (Lipinski definition) is 0. The Balaban J connectivity index is 2.21. The summed E-state index contributed by atoms with van der Waals surface area (Å²) in [5.41, 5.74) is 2.35. The molecule has 2 aromatic heterocycles. The molecule has 6 heteroatoms. The van der Waals surface area contributed by atoms with E-state index >= 15 is 0 Å². The summed E-state index contributed by atoms with van der Waals surface area (Å²) >= 11 is 3.34. The number of aromatic nitrogens is 4. The Bertz CT molecular complexity index is 775. The Hall–Kier alpha value is -2.26. The first-order valence-electron chi connectivity index (χ1n) is 6.04. The number of nitrogens with zero attached hydrogens (tertiary/aromatic N) is 5. The van der Waals surface area contributed by atoms with Crippen molar-refractivity contribution in [2.45, 2.75) is 5.92 Å². The van der Waals surface area contributed by atoms with Crippen LogP contribution in [0.25, 0.3) is 16.7 Å². The first kappa shape index (κ1) is 12.8. The van der Waals surface area contributed by atoms with Crippen molar-refractivity contribution in [1.82, 2.24) is 19.7 Å². The number of nitriles is 1. The molecule has 0 amide bonds. The normalized spacial score (nSPS) is 12.2. The minimum atomic E-state index is -0.311. The van der Waals surface area contributed by atoms with E-state index in [1.807, 2.05) is 30.3 Å². The average Bonchev–Trinajstić information content (AvgIpc) is 2.94. The van der Waals surface area contributed by atoms with Crippen LogP contribution in [0.3, 0.4) is 0 Å². The molecule has 0 radical (unpaired) electrons. The molecule has 3 aromatic rings. The lowest BCUT2D eigenvalue weighted by atomic mass is 10.1. The molecular formula is C14H10BrN5. The highest BCUT2D eigenvalue weighted by molar-refractivity contribution is 9.09. The highest BCUT2D eigenvalue weighted by Crippen LogP contribution is 2.24. The quantitative estimate of drug-likeness (QED) is 0.694. The first-order valence-corrected chi connectivity index (χ1v) is 7.17. The van der Waals surface area contributed by atoms with Gasteiger partial charge in [0.05, 0.1) is 35.0 Å². The second-order valence-electron chi connectivity index (χ2n) is 4.22. The van der Waals surface area contributed by atoms with E-state index in [9.17, 15) is 5.26 Å². The molecule has 5 nitrogen and oxygen atoms in total. The highest BCUT2D eigenvalue weighted by Gasteiger charge is 2.17. The van der Waals surface area contributed by atoms with Crippen molar-refractivity contribution in [2.24, 2.45) is 0 Å². The predicted octanol–water partition coefficient (Wildman–Crippen LogP) is 2.82. The lowest BCUT2D eigenvalue weighted by Crippen LogP contribution is -2.03. The summed E-state index contributed by atoms with van der Waals surface area (Å²) in [5, 5.41) is 14.9. The van der Waals surface area contributed by atoms with Crippen molar-refractivity contribution in [3.63, 3.8) is 0 Å². The van der Waals surface area contributed by atoms with Crippen molar-refractivity contribution < 1.29 is 0 Å². The van der Waals surface area contributed by atoms with Gasteiger partial charge in [0.15, 0.2) is 5.65 Å². The summed E-state index contributed by atoms with van der Waals surface area (Å²) < 4.78 is 1.75. The van der Waals surface area contributed by atoms with Gasteiger partial charge >= 0.3 is 0 Å². The lowest BCUT2D eigenvalue weighted by molar-refractivity contribution is 0.890. The van der Waals surface area contributed by atoms with Crippen LogP contribution in [-0.4, -0.2) is 25.1 Å². The Morgan fingerprint density at radius 3 is 2.75 bits per heavy atom. The molecule has 98 valence electrons. The molecule has 0 aliphatic carbocycles. The molecule has 0 N–H and O–H groups in total. The van der Waals surface area contributed by atoms with Crippen molar-refractivity contribution >= 4 is 27.0 Å². The number of hydrogen-bond acceptors (Lipinski definition) is 4. The zero-order valence-corrected chi connectivity index (χ0v) is 12.0. The van der Waals surface area contributed by atoms with Gasteiger partial charge in [-0.3, -0.25) is 0 Å². The fraction of sp³-hybridized carbons (Fsp3) is 0.143. The smallest absolute Gasteiger partial charge is 0.166 e. The summed E-state index contributed by atoms with van der Waals surface area (Å²) in [4.78, 5) is 8.53. The zero-order chi connectivity index (χ0) is 13.9. The van der Waals surface area contributed by atoms with Gasteiger partial charge in [0.1, 0.15) is 6.33 Å². The van der Waals surface area contributed by atoms with Gasteiger partial charge < -0.3 is 0 Å². The number of halogens is 1. The van der Waals surface area contributed by atoms with Crippen molar-refractivity contribution in [3.8, 4) is 11.8 Å². The summed E-state index contributed by atoms with van der Waals surface area (Å²) in [6.07, 6.45) is 3.19. The maximum atomic E-state index is 9.20. The maximum absolute atomic E-state index is 9.20. The van der Waals surface area contributed by atoms with E-state index in [-0.39, 0.29) is 5.92 Å². The van der Waals surface area contributed by atoms with Crippen LogP contribution in [0.1, 0.15) is 11.6 Å². The van der Waals surface area contributed by atoms with E-state index in [1.54, 1.807) is 10.9 Å². The fourth-order valence-corrected chi connectivity index (χ4v) is 2.52. The third-order valence-corrected chi connectivity index (χ3v) is 3.69. The second kappa shape index (κ2) is 5.39. The summed E-state index contributed by atoms with van der Waals surface area (Å²) in [6.45, 7) is 0. The first-order chi connectivity index (χ1) is 9.85. The van der Waals surface area contributed by atoms with Crippen LogP contribution in [0.5, 0.6) is 0 Å². The highest BCUT2D eigenvalue weighted by atomic mass is 79.9. The van der Waals surface area contributed by atoms with Crippen LogP contribution >= 0.6 is 15.9 Å². The van der Waals surface area contributed by atoms with E-state index in [2.05, 4.69) is 37.1 Å². The van der Waals surface area contributed by atoms with E-state index in [0.29, 0.717) is 16.7 Å². The minimum absolute atomic E-state index is 0.311. The van der Waals surface area contributed by atoms with Crippen LogP contribution in [0.2, 0.25) is 0 Å². The fourth-order valence-electron chi connectivity index (χ4n) is 2.07. The third-order valence-electron chi connectivity index (χ3n) is 3.04. The van der Waals surface area contributed by atoms with E-state index in [0.717, 1.165) is 11.1 Å². The molecule has 2 heterocycles. The van der Waals surface area contributed by atoms with Gasteiger partial charge in [-0.15, -0.1) is 0 Å². The molecule has 0 spiro atoms. The largest absolute Gasteiger partial charge is 0.239 e. The molecule has 0 bridgehead atoms. The molecule has 1 atom stereocenters. The van der Waals surface area contributed by atoms with Gasteiger partial charge in [0.2, 0.25) is 0 Å². The molecule has 1 unspecified atom stereocenters. The Kier molecular flexibility index (Phi) is 3.44. The Morgan fingerprint density at radius 1 is 1.25 bits per heavy atom. The van der Waals surface area contributed by atoms with Gasteiger partial charge in [-0.1, -0.05) is 34.1 Å². The molecule has 0 aliphatic heterocycles. The number of para-hydroxylation sites is 1. The monoisotopic (exact) mass is 327 g/mol. The summed E-state index contributed by atoms with van der Waals surface area (Å²) in [6, 6.07) is 12.0. The van der Waals surface area contributed by atoms with Gasteiger partial charge in [-0.05, 0) is 12.1 Å². The number of rotatable bonds is 3. The number of benzene rings is 1. The van der Waals surface area contributed by atoms with E-state index in [1.165, 1.54) is 6.33 Å². The van der Waals surface area contributed by atoms with Crippen molar-refractivity contribution in [2.75, 3.05) is 5.33 Å². The van der Waals surface area contributed by atoms with Crippen LogP contribution in [-0.2, 0) is 0 Å². The predicted molar refractivity (Wildman–Crippen MR) is 78.8 cm³/mol. The molecule has 0 aliphatic rings. The van der Waals surface area contributed by atoms with Gasteiger partial charge in [-0.2, -0.15) is 10.4 Å². The molecular weight excluding hydrogens is 318 g/mol. The van der Waals surface area contributed by atoms with Gasteiger partial charge in [0, 0.05) is 5.33 Å². The molecule has 1 aromatic carbocycles. The van der Waals surface area contributed by atoms with Gasteiger partial charge in [0.25, 0.3) is 0 Å². The molecule has 3 rings (SSSR count). The van der Waals surface area contributed by atoms with Gasteiger partial charge in [-0.25, -0.2) is 14.6 Å². The second-order valence-corrected chi connectivity index (χ2v) is 4.87. The number of fused-ring (bicyclic) bond motifs is 1. The van der Waals surface area contributed by atoms with E-state index < -0.39 is 0 Å². The van der Waals surface area contributed by atoms with Crippen LogP contribution in [0.4, 0.5) is 0 Å². The lowest BCUT2D eigenvalue weighted by Gasteiger charge is -2.06. The van der Waals surface area contributed by atoms with Crippen molar-refractivity contribution in [1.29, 1.82) is 5.26 Å². The summed E-state index contributed by atoms with van der Waals surface area (Å²) in [5.74, 6) is -0.311. The topological polar surface area (TPSA) is 67.4 Å². The van der Waals surface area contributed by atoms with Crippen LogP contribution in [0.15, 0.2) is 42.9 Å². The number of alkyl halides is 1. The molecule has 0 saturated carbocycles. The molecule has 20 heavy (non-hydrogen) atoms.